The lowest BCUT2D eigenvalue weighted by atomic mass is 9.94. The Morgan fingerprint density at radius 1 is 0.690 bits per heavy atom. The van der Waals surface area contributed by atoms with Crippen molar-refractivity contribution in [3.63, 3.8) is 0 Å². The number of carbonyl (C=O) groups is 1. The summed E-state index contributed by atoms with van der Waals surface area (Å²) in [5, 5.41) is 8.95. The fourth-order valence-electron chi connectivity index (χ4n) is 4.58. The molecule has 0 aliphatic rings. The minimum absolute atomic E-state index is 0.417. The van der Waals surface area contributed by atoms with E-state index in [1.807, 2.05) is 12.1 Å². The molecular weight excluding hydrogens is 560 g/mol. The predicted molar refractivity (Wildman–Crippen MR) is 175 cm³/mol. The highest BCUT2D eigenvalue weighted by Crippen LogP contribution is 2.31. The zero-order chi connectivity index (χ0) is 29.5. The summed E-state index contributed by atoms with van der Waals surface area (Å²) in [4.78, 5) is 12.0. The maximum atomic E-state index is 10.9. The number of carboxylic acid groups (broad SMARTS) is 1. The molecule has 0 saturated carbocycles. The van der Waals surface area contributed by atoms with Gasteiger partial charge in [0.05, 0.1) is 0 Å². The van der Waals surface area contributed by atoms with Gasteiger partial charge in [0.1, 0.15) is 5.75 Å². The second-order valence-electron chi connectivity index (χ2n) is 10.1. The van der Waals surface area contributed by atoms with Gasteiger partial charge in [-0.1, -0.05) is 126 Å². The standard InChI is InChI=1S/C37H31ClO3S/c1-25-3-7-27(8-4-25)29-11-15-31(16-12-29)35(32-17-13-30(14-18-32)28-9-5-26(2)6-10-28)23-24-42-34-21-19-33(20-22-34)41-36(38)37(39)40/h3-23,36H,24H2,1-2H3,(H,39,40). The van der Waals surface area contributed by atoms with Gasteiger partial charge in [0.25, 0.3) is 5.56 Å². The molecule has 0 aliphatic carbocycles. The number of hydrogen-bond donors (Lipinski definition) is 1. The second kappa shape index (κ2) is 13.6. The van der Waals surface area contributed by atoms with Gasteiger partial charge in [-0.25, -0.2) is 4.79 Å². The van der Waals surface area contributed by atoms with E-state index in [2.05, 4.69) is 117 Å². The Labute approximate surface area is 256 Å². The van der Waals surface area contributed by atoms with Crippen molar-refractivity contribution in [3.8, 4) is 28.0 Å². The van der Waals surface area contributed by atoms with Crippen LogP contribution in [0.4, 0.5) is 0 Å². The minimum Gasteiger partial charge on any atom is -0.478 e. The molecule has 0 heterocycles. The number of thioether (sulfide) groups is 1. The molecule has 42 heavy (non-hydrogen) atoms. The zero-order valence-electron chi connectivity index (χ0n) is 23.5. The van der Waals surface area contributed by atoms with Crippen LogP contribution in [0.3, 0.4) is 0 Å². The Morgan fingerprint density at radius 2 is 1.10 bits per heavy atom. The first kappa shape index (κ1) is 29.2. The van der Waals surface area contributed by atoms with Gasteiger partial charge in [-0.3, -0.25) is 0 Å². The highest BCUT2D eigenvalue weighted by atomic mass is 35.5. The molecule has 3 nitrogen and oxygen atoms in total. The van der Waals surface area contributed by atoms with Gasteiger partial charge in [-0.05, 0) is 77.1 Å². The molecule has 5 rings (SSSR count). The lowest BCUT2D eigenvalue weighted by Crippen LogP contribution is -2.20. The summed E-state index contributed by atoms with van der Waals surface area (Å²) in [6.45, 7) is 4.20. The third-order valence-electron chi connectivity index (χ3n) is 6.96. The third-order valence-corrected chi connectivity index (χ3v) is 8.17. The van der Waals surface area contributed by atoms with Crippen molar-refractivity contribution in [2.75, 3.05) is 5.75 Å². The highest BCUT2D eigenvalue weighted by molar-refractivity contribution is 7.99. The van der Waals surface area contributed by atoms with Gasteiger partial charge < -0.3 is 9.84 Å². The van der Waals surface area contributed by atoms with Crippen molar-refractivity contribution >= 4 is 34.9 Å². The van der Waals surface area contributed by atoms with Gasteiger partial charge >= 0.3 is 5.97 Å². The topological polar surface area (TPSA) is 46.5 Å². The molecule has 0 fully saturated rings. The van der Waals surface area contributed by atoms with E-state index in [-0.39, 0.29) is 0 Å². The Bertz CT molecular complexity index is 1570. The Morgan fingerprint density at radius 3 is 1.50 bits per heavy atom. The zero-order valence-corrected chi connectivity index (χ0v) is 25.0. The van der Waals surface area contributed by atoms with Crippen molar-refractivity contribution in [1.29, 1.82) is 0 Å². The van der Waals surface area contributed by atoms with E-state index in [4.69, 9.17) is 21.4 Å². The minimum atomic E-state index is -1.41. The first-order chi connectivity index (χ1) is 20.4. The molecule has 5 aromatic carbocycles. The largest absolute Gasteiger partial charge is 0.478 e. The summed E-state index contributed by atoms with van der Waals surface area (Å²) in [5.41, 5.74) is 9.33. The molecule has 0 radical (unpaired) electrons. The molecule has 0 saturated heterocycles. The van der Waals surface area contributed by atoms with Crippen LogP contribution in [0, 0.1) is 13.8 Å². The first-order valence-electron chi connectivity index (χ1n) is 13.7. The molecule has 1 N–H and O–H groups in total. The Kier molecular flexibility index (Phi) is 9.48. The van der Waals surface area contributed by atoms with E-state index in [1.54, 1.807) is 23.9 Å². The molecule has 0 amide bonds. The van der Waals surface area contributed by atoms with Crippen LogP contribution in [-0.4, -0.2) is 22.4 Å². The summed E-state index contributed by atoms with van der Waals surface area (Å²) in [6.07, 6.45) is 2.26. The fourth-order valence-corrected chi connectivity index (χ4v) is 5.46. The monoisotopic (exact) mass is 590 g/mol. The van der Waals surface area contributed by atoms with Gasteiger partial charge in [-0.2, -0.15) is 0 Å². The SMILES string of the molecule is Cc1ccc(-c2ccc(C(=CCSc3ccc(OC(Cl)C(=O)O)cc3)c3ccc(-c4ccc(C)cc4)cc3)cc2)cc1. The lowest BCUT2D eigenvalue weighted by Gasteiger charge is -2.12. The summed E-state index contributed by atoms with van der Waals surface area (Å²) in [6, 6.07) is 42.0. The molecule has 0 spiro atoms. The second-order valence-corrected chi connectivity index (χ2v) is 11.5. The number of ether oxygens (including phenoxy) is 1. The molecular formula is C37H31ClO3S. The van der Waals surface area contributed by atoms with E-state index in [9.17, 15) is 4.79 Å². The number of hydrogen-bond acceptors (Lipinski definition) is 3. The molecule has 5 aromatic rings. The number of benzene rings is 5. The maximum absolute atomic E-state index is 10.9. The van der Waals surface area contributed by atoms with Crippen LogP contribution in [0.1, 0.15) is 22.3 Å². The number of aryl methyl sites for hydroxylation is 2. The number of aliphatic carboxylic acids is 1. The van der Waals surface area contributed by atoms with E-state index < -0.39 is 11.5 Å². The normalized spacial score (nSPS) is 11.5. The quantitative estimate of drug-likeness (QED) is 0.130. The van der Waals surface area contributed by atoms with Crippen LogP contribution in [0.25, 0.3) is 27.8 Å². The molecule has 0 bridgehead atoms. The molecule has 210 valence electrons. The molecule has 5 heteroatoms. The van der Waals surface area contributed by atoms with Crippen LogP contribution in [-0.2, 0) is 4.79 Å². The number of rotatable bonds is 10. The van der Waals surface area contributed by atoms with Gasteiger partial charge in [0.15, 0.2) is 0 Å². The molecule has 1 atom stereocenters. The van der Waals surface area contributed by atoms with Crippen molar-refractivity contribution < 1.29 is 14.6 Å². The van der Waals surface area contributed by atoms with Crippen molar-refractivity contribution in [1.82, 2.24) is 0 Å². The van der Waals surface area contributed by atoms with Crippen LogP contribution in [0.5, 0.6) is 5.75 Å². The van der Waals surface area contributed by atoms with Crippen molar-refractivity contribution in [2.45, 2.75) is 24.3 Å². The summed E-state index contributed by atoms with van der Waals surface area (Å²) in [7, 11) is 0. The van der Waals surface area contributed by atoms with E-state index in [0.717, 1.165) is 21.8 Å². The Balaban J connectivity index is 1.38. The average Bonchev–Trinajstić information content (AvgIpc) is 3.01. The van der Waals surface area contributed by atoms with E-state index in [1.165, 1.54) is 39.0 Å². The molecule has 0 aliphatic heterocycles. The van der Waals surface area contributed by atoms with Crippen LogP contribution < -0.4 is 4.74 Å². The lowest BCUT2D eigenvalue weighted by molar-refractivity contribution is -0.141. The molecule has 0 aromatic heterocycles. The average molecular weight is 591 g/mol. The van der Waals surface area contributed by atoms with Crippen molar-refractivity contribution in [2.24, 2.45) is 0 Å². The van der Waals surface area contributed by atoms with Gasteiger partial charge in [0, 0.05) is 10.6 Å². The van der Waals surface area contributed by atoms with Crippen LogP contribution in [0.15, 0.2) is 132 Å². The molecule has 1 unspecified atom stereocenters. The van der Waals surface area contributed by atoms with Crippen molar-refractivity contribution in [3.05, 3.63) is 150 Å². The fraction of sp³-hybridized carbons (Fsp3) is 0.108. The van der Waals surface area contributed by atoms with Gasteiger partial charge in [0.2, 0.25) is 0 Å². The van der Waals surface area contributed by atoms with E-state index >= 15 is 0 Å². The third kappa shape index (κ3) is 7.52. The summed E-state index contributed by atoms with van der Waals surface area (Å²) < 4.78 is 5.23. The summed E-state index contributed by atoms with van der Waals surface area (Å²) >= 11 is 7.39. The predicted octanol–water partition coefficient (Wildman–Crippen LogP) is 9.89. The first-order valence-corrected chi connectivity index (χ1v) is 15.1. The Hall–Kier alpha value is -4.25. The smallest absolute Gasteiger partial charge is 0.360 e. The summed E-state index contributed by atoms with van der Waals surface area (Å²) in [5.74, 6) is -0.0470. The van der Waals surface area contributed by atoms with Crippen LogP contribution in [0.2, 0.25) is 0 Å². The maximum Gasteiger partial charge on any atom is 0.360 e. The van der Waals surface area contributed by atoms with E-state index in [0.29, 0.717) is 5.75 Å². The number of halogens is 1. The number of carboxylic acids is 1. The van der Waals surface area contributed by atoms with Gasteiger partial charge in [-0.15, -0.1) is 11.8 Å². The van der Waals surface area contributed by atoms with Crippen LogP contribution >= 0.6 is 23.4 Å². The number of alkyl halides is 1. The highest BCUT2D eigenvalue weighted by Gasteiger charge is 2.15.